The molecule has 0 unspecified atom stereocenters. The van der Waals surface area contributed by atoms with Gasteiger partial charge in [-0.3, -0.25) is 4.79 Å². The Balaban J connectivity index is 1.51. The predicted molar refractivity (Wildman–Crippen MR) is 119 cm³/mol. The van der Waals surface area contributed by atoms with E-state index in [9.17, 15) is 4.79 Å². The van der Waals surface area contributed by atoms with Crippen LogP contribution < -0.4 is 15.3 Å². The van der Waals surface area contributed by atoms with Crippen LogP contribution in [0.2, 0.25) is 0 Å². The summed E-state index contributed by atoms with van der Waals surface area (Å²) in [6.07, 6.45) is 3.22. The predicted octanol–water partition coefficient (Wildman–Crippen LogP) is 3.68. The van der Waals surface area contributed by atoms with Gasteiger partial charge >= 0.3 is 5.97 Å². The van der Waals surface area contributed by atoms with Crippen LogP contribution in [0.3, 0.4) is 0 Å². The molecule has 0 radical (unpaired) electrons. The van der Waals surface area contributed by atoms with Gasteiger partial charge in [-0.05, 0) is 42.7 Å². The number of hydrogen-bond acceptors (Lipinski definition) is 8. The highest BCUT2D eigenvalue weighted by Gasteiger charge is 2.33. The van der Waals surface area contributed by atoms with Crippen LogP contribution in [0.1, 0.15) is 45.9 Å². The second-order valence-electron chi connectivity index (χ2n) is 8.38. The summed E-state index contributed by atoms with van der Waals surface area (Å²) in [4.78, 5) is 12.5. The van der Waals surface area contributed by atoms with E-state index in [4.69, 9.17) is 20.1 Å². The van der Waals surface area contributed by atoms with Crippen molar-refractivity contribution in [3.8, 4) is 11.5 Å². The fourth-order valence-corrected chi connectivity index (χ4v) is 4.58. The van der Waals surface area contributed by atoms with Crippen LogP contribution in [0.4, 0.5) is 0 Å². The molecular weight excluding hydrogens is 416 g/mol. The van der Waals surface area contributed by atoms with Gasteiger partial charge in [0.15, 0.2) is 5.82 Å². The Kier molecular flexibility index (Phi) is 8.06. The number of esters is 1. The van der Waals surface area contributed by atoms with E-state index in [0.29, 0.717) is 40.2 Å². The molecule has 1 aliphatic rings. The smallest absolute Gasteiger partial charge is 0.316 e. The highest BCUT2D eigenvalue weighted by atomic mass is 32.2. The summed E-state index contributed by atoms with van der Waals surface area (Å²) in [5, 5.41) is 8.59. The zero-order valence-corrected chi connectivity index (χ0v) is 19.4. The van der Waals surface area contributed by atoms with Crippen LogP contribution >= 0.6 is 11.8 Å². The van der Waals surface area contributed by atoms with E-state index in [0.717, 1.165) is 12.8 Å². The molecule has 1 aromatic heterocycles. The van der Waals surface area contributed by atoms with E-state index in [1.54, 1.807) is 13.2 Å². The first-order valence-corrected chi connectivity index (χ1v) is 11.6. The van der Waals surface area contributed by atoms with Crippen LogP contribution in [-0.4, -0.2) is 39.8 Å². The Morgan fingerprint density at radius 1 is 1.29 bits per heavy atom. The molecule has 2 aromatic rings. The normalized spacial score (nSPS) is 21.1. The average Bonchev–Trinajstić information content (AvgIpc) is 3.10. The zero-order chi connectivity index (χ0) is 22.4. The standard InChI is InChI=1S/C22H32N4O4S/c1-14(2)18-9-8-15(3)10-19(18)30-21(27)13-31-22-25-24-20(26(22)23)12-29-17-7-5-6-16(11-17)28-4/h5-7,11,14-15,18-19H,8-10,12-13,23H2,1-4H3/t15-,18+,19-/m1/s1. The van der Waals surface area contributed by atoms with Crippen LogP contribution in [0, 0.1) is 17.8 Å². The van der Waals surface area contributed by atoms with Gasteiger partial charge in [-0.15, -0.1) is 10.2 Å². The first-order valence-electron chi connectivity index (χ1n) is 10.7. The maximum atomic E-state index is 12.5. The van der Waals surface area contributed by atoms with Crippen molar-refractivity contribution in [2.45, 2.75) is 57.9 Å². The van der Waals surface area contributed by atoms with Gasteiger partial charge in [0.05, 0.1) is 12.9 Å². The third kappa shape index (κ3) is 6.29. The van der Waals surface area contributed by atoms with E-state index < -0.39 is 0 Å². The number of carbonyl (C=O) groups excluding carboxylic acids is 1. The molecule has 0 aliphatic heterocycles. The van der Waals surface area contributed by atoms with Gasteiger partial charge in [-0.1, -0.05) is 45.0 Å². The first-order chi connectivity index (χ1) is 14.9. The van der Waals surface area contributed by atoms with Crippen molar-refractivity contribution in [1.82, 2.24) is 14.9 Å². The van der Waals surface area contributed by atoms with Crippen LogP contribution in [0.5, 0.6) is 11.5 Å². The second kappa shape index (κ2) is 10.7. The summed E-state index contributed by atoms with van der Waals surface area (Å²) < 4.78 is 18.1. The van der Waals surface area contributed by atoms with Gasteiger partial charge in [-0.25, -0.2) is 4.68 Å². The quantitative estimate of drug-likeness (QED) is 0.352. The lowest BCUT2D eigenvalue weighted by atomic mass is 9.75. The summed E-state index contributed by atoms with van der Waals surface area (Å²) in [5.41, 5.74) is 0. The van der Waals surface area contributed by atoms with E-state index >= 15 is 0 Å². The molecule has 0 bridgehead atoms. The van der Waals surface area contributed by atoms with Crippen molar-refractivity contribution in [3.05, 3.63) is 30.1 Å². The van der Waals surface area contributed by atoms with E-state index in [1.165, 1.54) is 22.9 Å². The largest absolute Gasteiger partial charge is 0.497 e. The van der Waals surface area contributed by atoms with E-state index in [1.807, 2.05) is 18.2 Å². The molecule has 2 N–H and O–H groups in total. The van der Waals surface area contributed by atoms with Crippen molar-refractivity contribution in [1.29, 1.82) is 0 Å². The topological polar surface area (TPSA) is 101 Å². The molecule has 3 atom stereocenters. The minimum atomic E-state index is -0.244. The molecule has 0 spiro atoms. The van der Waals surface area contributed by atoms with Crippen molar-refractivity contribution in [3.63, 3.8) is 0 Å². The number of aromatic nitrogens is 3. The van der Waals surface area contributed by atoms with Crippen LogP contribution in [0.15, 0.2) is 29.4 Å². The Morgan fingerprint density at radius 2 is 2.06 bits per heavy atom. The monoisotopic (exact) mass is 448 g/mol. The van der Waals surface area contributed by atoms with Crippen molar-refractivity contribution < 1.29 is 19.0 Å². The third-order valence-electron chi connectivity index (χ3n) is 5.71. The number of ether oxygens (including phenoxy) is 3. The summed E-state index contributed by atoms with van der Waals surface area (Å²) in [5.74, 6) is 9.29. The summed E-state index contributed by atoms with van der Waals surface area (Å²) in [7, 11) is 1.60. The number of nitrogens with two attached hydrogens (primary N) is 1. The number of nitrogens with zero attached hydrogens (tertiary/aromatic N) is 3. The van der Waals surface area contributed by atoms with Crippen molar-refractivity contribution in [2.75, 3.05) is 18.7 Å². The lowest BCUT2D eigenvalue weighted by Gasteiger charge is -2.36. The fraction of sp³-hybridized carbons (Fsp3) is 0.591. The number of rotatable bonds is 9. The Labute approximate surface area is 187 Å². The van der Waals surface area contributed by atoms with Crippen molar-refractivity contribution in [2.24, 2.45) is 17.8 Å². The molecule has 1 fully saturated rings. The highest BCUT2D eigenvalue weighted by molar-refractivity contribution is 7.99. The summed E-state index contributed by atoms with van der Waals surface area (Å²) in [6, 6.07) is 7.27. The summed E-state index contributed by atoms with van der Waals surface area (Å²) in [6.45, 7) is 6.76. The van der Waals surface area contributed by atoms with Crippen molar-refractivity contribution >= 4 is 17.7 Å². The number of benzene rings is 1. The Hall–Kier alpha value is -2.42. The highest BCUT2D eigenvalue weighted by Crippen LogP contribution is 2.35. The van der Waals surface area contributed by atoms with Gasteiger partial charge in [0, 0.05) is 6.07 Å². The minimum absolute atomic E-state index is 0.0144. The number of carbonyl (C=O) groups is 1. The number of hydrogen-bond donors (Lipinski definition) is 1. The Morgan fingerprint density at radius 3 is 2.81 bits per heavy atom. The molecule has 3 rings (SSSR count). The molecule has 170 valence electrons. The molecule has 1 saturated carbocycles. The van der Waals surface area contributed by atoms with Gasteiger partial charge in [-0.2, -0.15) is 0 Å². The zero-order valence-electron chi connectivity index (χ0n) is 18.6. The molecule has 8 nitrogen and oxygen atoms in total. The van der Waals surface area contributed by atoms with Gasteiger partial charge in [0.2, 0.25) is 5.16 Å². The fourth-order valence-electron chi connectivity index (χ4n) is 3.92. The van der Waals surface area contributed by atoms with E-state index in [-0.39, 0.29) is 24.4 Å². The third-order valence-corrected chi connectivity index (χ3v) is 6.62. The van der Waals surface area contributed by atoms with Gasteiger partial charge in [0.1, 0.15) is 24.2 Å². The maximum absolute atomic E-state index is 12.5. The van der Waals surface area contributed by atoms with Gasteiger partial charge in [0.25, 0.3) is 0 Å². The van der Waals surface area contributed by atoms with Crippen LogP contribution in [0.25, 0.3) is 0 Å². The SMILES string of the molecule is COc1cccc(OCc2nnc(SCC(=O)O[C@@H]3C[C@H](C)CC[C@H]3C(C)C)n2N)c1. The number of methoxy groups -OCH3 is 1. The first kappa shape index (κ1) is 23.2. The molecule has 1 heterocycles. The van der Waals surface area contributed by atoms with E-state index in [2.05, 4.69) is 31.0 Å². The molecule has 1 aromatic carbocycles. The number of thioether (sulfide) groups is 1. The maximum Gasteiger partial charge on any atom is 0.316 e. The lowest BCUT2D eigenvalue weighted by molar-refractivity contribution is -0.152. The molecule has 0 amide bonds. The molecule has 1 aliphatic carbocycles. The molecule has 9 heteroatoms. The minimum Gasteiger partial charge on any atom is -0.497 e. The second-order valence-corrected chi connectivity index (χ2v) is 9.32. The molecule has 0 saturated heterocycles. The molecule has 31 heavy (non-hydrogen) atoms. The number of nitrogen functional groups attached to an aromatic ring is 1. The average molecular weight is 449 g/mol. The van der Waals surface area contributed by atoms with Crippen LogP contribution in [-0.2, 0) is 16.1 Å². The van der Waals surface area contributed by atoms with Gasteiger partial charge < -0.3 is 20.1 Å². The molecular formula is C22H32N4O4S. The lowest BCUT2D eigenvalue weighted by Crippen LogP contribution is -2.36. The Bertz CT molecular complexity index is 873. The summed E-state index contributed by atoms with van der Waals surface area (Å²) >= 11 is 1.22.